The lowest BCUT2D eigenvalue weighted by Crippen LogP contribution is -2.41. The summed E-state index contributed by atoms with van der Waals surface area (Å²) in [6.45, 7) is 0.103. The first-order valence-corrected chi connectivity index (χ1v) is 7.43. The number of amides is 2. The van der Waals surface area contributed by atoms with Gasteiger partial charge in [-0.3, -0.25) is 9.59 Å². The van der Waals surface area contributed by atoms with Crippen LogP contribution in [-0.2, 0) is 0 Å². The van der Waals surface area contributed by atoms with Crippen molar-refractivity contribution in [3.8, 4) is 0 Å². The van der Waals surface area contributed by atoms with Gasteiger partial charge in [0.1, 0.15) is 0 Å². The summed E-state index contributed by atoms with van der Waals surface area (Å²) in [6, 6.07) is 6.31. The largest absolute Gasteiger partial charge is 0.396 e. The highest BCUT2D eigenvalue weighted by atomic mass is 16.3. The Labute approximate surface area is 124 Å². The van der Waals surface area contributed by atoms with Gasteiger partial charge in [-0.15, -0.1) is 0 Å². The van der Waals surface area contributed by atoms with Crippen LogP contribution < -0.4 is 11.1 Å². The molecular weight excluding hydrogens is 268 g/mol. The number of nitrogens with two attached hydrogens (primary N) is 1. The number of aliphatic hydroxyl groups excluding tert-OH is 1. The van der Waals surface area contributed by atoms with E-state index in [1.807, 2.05) is 0 Å². The van der Waals surface area contributed by atoms with Crippen molar-refractivity contribution in [2.24, 2.45) is 11.7 Å². The Kier molecular flexibility index (Phi) is 5.33. The second-order valence-electron chi connectivity index (χ2n) is 5.60. The molecule has 2 unspecified atom stereocenters. The number of nitrogens with one attached hydrogen (secondary N) is 1. The zero-order valence-electron chi connectivity index (χ0n) is 12.0. The van der Waals surface area contributed by atoms with E-state index in [9.17, 15) is 14.7 Å². The number of benzene rings is 1. The summed E-state index contributed by atoms with van der Waals surface area (Å²) in [5.41, 5.74) is 6.06. The van der Waals surface area contributed by atoms with Crippen LogP contribution in [0, 0.1) is 5.92 Å². The van der Waals surface area contributed by atoms with Crippen LogP contribution in [0.4, 0.5) is 0 Å². The average molecular weight is 290 g/mol. The first-order chi connectivity index (χ1) is 10.1. The molecule has 5 heteroatoms. The van der Waals surface area contributed by atoms with Crippen molar-refractivity contribution in [2.45, 2.75) is 38.1 Å². The van der Waals surface area contributed by atoms with Gasteiger partial charge in [-0.25, -0.2) is 0 Å². The lowest BCUT2D eigenvalue weighted by molar-refractivity contribution is 0.0898. The standard InChI is InChI=1S/C16H22N2O3/c17-15(20)11-6-8-12(9-7-11)16(21)18-14-5-3-1-2-4-13(14)10-19/h6-9,13-14,19H,1-5,10H2,(H2,17,20)(H,18,21). The molecular formula is C16H22N2O3. The molecule has 1 saturated carbocycles. The molecule has 0 bridgehead atoms. The Balaban J connectivity index is 2.03. The summed E-state index contributed by atoms with van der Waals surface area (Å²) < 4.78 is 0. The third-order valence-electron chi connectivity index (χ3n) is 4.14. The van der Waals surface area contributed by atoms with Gasteiger partial charge >= 0.3 is 0 Å². The second kappa shape index (κ2) is 7.22. The number of carbonyl (C=O) groups excluding carboxylic acids is 2. The molecule has 1 aliphatic carbocycles. The summed E-state index contributed by atoms with van der Waals surface area (Å²) in [7, 11) is 0. The highest BCUT2D eigenvalue weighted by molar-refractivity contribution is 5.97. The Morgan fingerprint density at radius 3 is 2.33 bits per heavy atom. The molecule has 114 valence electrons. The van der Waals surface area contributed by atoms with E-state index in [1.165, 1.54) is 0 Å². The van der Waals surface area contributed by atoms with Crippen molar-refractivity contribution in [3.63, 3.8) is 0 Å². The number of hydrogen-bond acceptors (Lipinski definition) is 3. The van der Waals surface area contributed by atoms with Crippen molar-refractivity contribution < 1.29 is 14.7 Å². The van der Waals surface area contributed by atoms with E-state index in [-0.39, 0.29) is 24.5 Å². The predicted octanol–water partition coefficient (Wildman–Crippen LogP) is 1.46. The molecule has 2 rings (SSSR count). The smallest absolute Gasteiger partial charge is 0.251 e. The molecule has 4 N–H and O–H groups in total. The maximum Gasteiger partial charge on any atom is 0.251 e. The van der Waals surface area contributed by atoms with E-state index in [2.05, 4.69) is 5.32 Å². The van der Waals surface area contributed by atoms with Crippen molar-refractivity contribution in [1.82, 2.24) is 5.32 Å². The average Bonchev–Trinajstić information content (AvgIpc) is 2.72. The monoisotopic (exact) mass is 290 g/mol. The van der Waals surface area contributed by atoms with E-state index in [1.54, 1.807) is 24.3 Å². The van der Waals surface area contributed by atoms with Crippen LogP contribution in [0.2, 0.25) is 0 Å². The van der Waals surface area contributed by atoms with Crippen LogP contribution in [0.25, 0.3) is 0 Å². The Bertz CT molecular complexity index is 499. The van der Waals surface area contributed by atoms with Gasteiger partial charge in [0, 0.05) is 29.7 Å². The molecule has 1 aromatic rings. The molecule has 1 aromatic carbocycles. The van der Waals surface area contributed by atoms with Crippen molar-refractivity contribution in [2.75, 3.05) is 6.61 Å². The summed E-state index contributed by atoms with van der Waals surface area (Å²) in [6.07, 6.45) is 5.17. The Morgan fingerprint density at radius 1 is 1.10 bits per heavy atom. The Hall–Kier alpha value is -1.88. The number of primary amides is 1. The fraction of sp³-hybridized carbons (Fsp3) is 0.500. The fourth-order valence-corrected chi connectivity index (χ4v) is 2.83. The molecule has 5 nitrogen and oxygen atoms in total. The normalized spacial score (nSPS) is 22.3. The molecule has 1 fully saturated rings. The molecule has 0 aromatic heterocycles. The van der Waals surface area contributed by atoms with Gasteiger partial charge in [0.25, 0.3) is 5.91 Å². The number of aliphatic hydroxyl groups is 1. The second-order valence-corrected chi connectivity index (χ2v) is 5.60. The highest BCUT2D eigenvalue weighted by Gasteiger charge is 2.24. The van der Waals surface area contributed by atoms with Gasteiger partial charge in [-0.1, -0.05) is 19.3 Å². The lowest BCUT2D eigenvalue weighted by atomic mass is 9.95. The summed E-state index contributed by atoms with van der Waals surface area (Å²) in [4.78, 5) is 23.3. The molecule has 2 atom stereocenters. The fourth-order valence-electron chi connectivity index (χ4n) is 2.83. The molecule has 1 aliphatic rings. The van der Waals surface area contributed by atoms with E-state index in [4.69, 9.17) is 5.73 Å². The number of rotatable bonds is 4. The van der Waals surface area contributed by atoms with Crippen molar-refractivity contribution in [1.29, 1.82) is 0 Å². The molecule has 21 heavy (non-hydrogen) atoms. The molecule has 0 radical (unpaired) electrons. The predicted molar refractivity (Wildman–Crippen MR) is 79.9 cm³/mol. The minimum Gasteiger partial charge on any atom is -0.396 e. The Morgan fingerprint density at radius 2 is 1.71 bits per heavy atom. The number of carbonyl (C=O) groups is 2. The minimum absolute atomic E-state index is 0.0146. The lowest BCUT2D eigenvalue weighted by Gasteiger charge is -2.24. The molecule has 0 spiro atoms. The maximum atomic E-state index is 12.3. The maximum absolute atomic E-state index is 12.3. The van der Waals surface area contributed by atoms with Gasteiger partial charge < -0.3 is 16.2 Å². The van der Waals surface area contributed by atoms with Crippen LogP contribution in [0.1, 0.15) is 52.8 Å². The van der Waals surface area contributed by atoms with Crippen LogP contribution in [0.3, 0.4) is 0 Å². The van der Waals surface area contributed by atoms with Crippen LogP contribution in [0.15, 0.2) is 24.3 Å². The van der Waals surface area contributed by atoms with Crippen LogP contribution in [0.5, 0.6) is 0 Å². The molecule has 0 heterocycles. The zero-order valence-corrected chi connectivity index (χ0v) is 12.0. The topological polar surface area (TPSA) is 92.4 Å². The zero-order chi connectivity index (χ0) is 15.2. The van der Waals surface area contributed by atoms with Crippen LogP contribution >= 0.6 is 0 Å². The van der Waals surface area contributed by atoms with Gasteiger partial charge in [-0.05, 0) is 37.1 Å². The molecule has 0 aliphatic heterocycles. The van der Waals surface area contributed by atoms with E-state index >= 15 is 0 Å². The van der Waals surface area contributed by atoms with E-state index in [0.717, 1.165) is 32.1 Å². The summed E-state index contributed by atoms with van der Waals surface area (Å²) >= 11 is 0. The highest BCUT2D eigenvalue weighted by Crippen LogP contribution is 2.23. The van der Waals surface area contributed by atoms with Gasteiger partial charge in [-0.2, -0.15) is 0 Å². The van der Waals surface area contributed by atoms with Gasteiger partial charge in [0.05, 0.1) is 0 Å². The first-order valence-electron chi connectivity index (χ1n) is 7.43. The van der Waals surface area contributed by atoms with Crippen molar-refractivity contribution >= 4 is 11.8 Å². The SMILES string of the molecule is NC(=O)c1ccc(C(=O)NC2CCCCCC2CO)cc1. The first kappa shape index (κ1) is 15.5. The van der Waals surface area contributed by atoms with Crippen LogP contribution in [-0.4, -0.2) is 29.6 Å². The molecule has 2 amide bonds. The summed E-state index contributed by atoms with van der Waals surface area (Å²) in [5.74, 6) is -0.552. The third-order valence-corrected chi connectivity index (χ3v) is 4.14. The van der Waals surface area contributed by atoms with E-state index in [0.29, 0.717) is 11.1 Å². The van der Waals surface area contributed by atoms with Gasteiger partial charge in [0.2, 0.25) is 5.91 Å². The quantitative estimate of drug-likeness (QED) is 0.733. The van der Waals surface area contributed by atoms with Gasteiger partial charge in [0.15, 0.2) is 0 Å². The minimum atomic E-state index is -0.508. The molecule has 0 saturated heterocycles. The third kappa shape index (κ3) is 4.04. The summed E-state index contributed by atoms with van der Waals surface area (Å²) in [5, 5.41) is 12.5. The van der Waals surface area contributed by atoms with Crippen molar-refractivity contribution in [3.05, 3.63) is 35.4 Å². The van der Waals surface area contributed by atoms with E-state index < -0.39 is 5.91 Å². The number of hydrogen-bond donors (Lipinski definition) is 3.